The summed E-state index contributed by atoms with van der Waals surface area (Å²) in [6.07, 6.45) is 7.16. The molecule has 0 aromatic carbocycles. The Balaban J connectivity index is 1.18. The molecule has 3 N–H and O–H groups in total. The van der Waals surface area contributed by atoms with Crippen molar-refractivity contribution < 1.29 is 71.1 Å². The summed E-state index contributed by atoms with van der Waals surface area (Å²) >= 11 is 0. The zero-order valence-electron chi connectivity index (χ0n) is 38.1. The summed E-state index contributed by atoms with van der Waals surface area (Å²) in [4.78, 5) is 12.2. The highest BCUT2D eigenvalue weighted by molar-refractivity contribution is 5.75. The Kier molecular flexibility index (Phi) is 38.1. The first-order valence-electron chi connectivity index (χ1n) is 22.8. The maximum Gasteiger partial charge on any atom is 0.222 e. The molecule has 362 valence electrons. The van der Waals surface area contributed by atoms with Crippen molar-refractivity contribution in [2.45, 2.75) is 70.1 Å². The number of carbonyl (C=O) groups is 1. The van der Waals surface area contributed by atoms with Crippen molar-refractivity contribution in [3.8, 4) is 0 Å². The molecule has 2 aliphatic rings. The van der Waals surface area contributed by atoms with E-state index in [1.807, 2.05) is 7.05 Å². The molecule has 1 heterocycles. The number of amides is 1. The zero-order chi connectivity index (χ0) is 43.6. The third-order valence-corrected chi connectivity index (χ3v) is 10.2. The third kappa shape index (κ3) is 33.9. The molecule has 0 aromatic rings. The van der Waals surface area contributed by atoms with Crippen LogP contribution in [-0.4, -0.2) is 223 Å². The van der Waals surface area contributed by atoms with Gasteiger partial charge < -0.3 is 82.3 Å². The van der Waals surface area contributed by atoms with Crippen molar-refractivity contribution in [3.63, 3.8) is 0 Å². The number of rotatable bonds is 46. The average molecular weight is 884 g/mol. The van der Waals surface area contributed by atoms with Gasteiger partial charge in [-0.2, -0.15) is 0 Å². The lowest BCUT2D eigenvalue weighted by Gasteiger charge is -2.34. The van der Waals surface area contributed by atoms with Crippen LogP contribution >= 0.6 is 0 Å². The molecule has 0 aromatic heterocycles. The first-order valence-corrected chi connectivity index (χ1v) is 22.8. The highest BCUT2D eigenvalue weighted by Crippen LogP contribution is 2.42. The van der Waals surface area contributed by atoms with Gasteiger partial charge in [0.15, 0.2) is 0 Å². The van der Waals surface area contributed by atoms with E-state index in [0.29, 0.717) is 196 Å². The Bertz CT molecular complexity index is 965. The fourth-order valence-corrected chi connectivity index (χ4v) is 6.82. The quantitative estimate of drug-likeness (QED) is 0.0750. The molecule has 1 aliphatic carbocycles. The van der Waals surface area contributed by atoms with Crippen molar-refractivity contribution in [2.75, 3.05) is 199 Å². The molecule has 4 atom stereocenters. The lowest BCUT2D eigenvalue weighted by atomic mass is 9.83. The lowest BCUT2D eigenvalue weighted by Crippen LogP contribution is -2.50. The second-order valence-corrected chi connectivity index (χ2v) is 15.3. The van der Waals surface area contributed by atoms with Crippen LogP contribution in [0.5, 0.6) is 0 Å². The summed E-state index contributed by atoms with van der Waals surface area (Å²) < 4.78 is 77.1. The summed E-state index contributed by atoms with van der Waals surface area (Å²) in [5.41, 5.74) is 0.316. The van der Waals surface area contributed by atoms with Crippen LogP contribution in [0.15, 0.2) is 0 Å². The van der Waals surface area contributed by atoms with Crippen molar-refractivity contribution >= 4 is 5.91 Å². The highest BCUT2D eigenvalue weighted by Gasteiger charge is 2.37. The van der Waals surface area contributed by atoms with Crippen LogP contribution in [0.1, 0.15) is 51.9 Å². The van der Waals surface area contributed by atoms with Crippen LogP contribution in [-0.2, 0) is 71.1 Å². The molecule has 1 saturated carbocycles. The van der Waals surface area contributed by atoms with Crippen LogP contribution in [0.3, 0.4) is 0 Å². The first kappa shape index (κ1) is 56.0. The van der Waals surface area contributed by atoms with E-state index >= 15 is 0 Å². The van der Waals surface area contributed by atoms with Gasteiger partial charge in [0.05, 0.1) is 171 Å². The Labute approximate surface area is 366 Å². The molecule has 61 heavy (non-hydrogen) atoms. The van der Waals surface area contributed by atoms with E-state index in [1.165, 1.54) is 19.3 Å². The molecular weight excluding hydrogens is 798 g/mol. The summed E-state index contributed by atoms with van der Waals surface area (Å²) in [5, 5.41) is 9.90. The number of ether oxygens (including phenoxy) is 14. The minimum absolute atomic E-state index is 0.0303. The van der Waals surface area contributed by atoms with Gasteiger partial charge in [-0.25, -0.2) is 0 Å². The van der Waals surface area contributed by atoms with Gasteiger partial charge >= 0.3 is 0 Å². The number of hydrogen-bond donors (Lipinski definition) is 3. The second-order valence-electron chi connectivity index (χ2n) is 15.3. The molecule has 0 bridgehead atoms. The van der Waals surface area contributed by atoms with Crippen molar-refractivity contribution in [2.24, 2.45) is 5.41 Å². The minimum Gasteiger partial charge on any atom is -0.379 e. The minimum atomic E-state index is 0.0303. The SMILES string of the molecule is CNCCOCCOCCOCCOCCOCCOCCOCCOCCOCCOCCOCCOCCC(=O)NCCCC1(C)CCC(NC2CCOCC2OC)C1. The van der Waals surface area contributed by atoms with Crippen LogP contribution in [0.2, 0.25) is 0 Å². The zero-order valence-corrected chi connectivity index (χ0v) is 38.1. The van der Waals surface area contributed by atoms with Crippen molar-refractivity contribution in [1.82, 2.24) is 16.0 Å². The van der Waals surface area contributed by atoms with Crippen LogP contribution in [0.25, 0.3) is 0 Å². The summed E-state index contributed by atoms with van der Waals surface area (Å²) in [7, 11) is 3.66. The number of methoxy groups -OCH3 is 1. The molecular formula is C43H85N3O15. The van der Waals surface area contributed by atoms with Gasteiger partial charge in [0.1, 0.15) is 0 Å². The molecule has 18 heteroatoms. The molecule has 1 amide bonds. The number of nitrogens with one attached hydrogen (secondary N) is 3. The predicted octanol–water partition coefficient (Wildman–Crippen LogP) is 1.64. The molecule has 0 spiro atoms. The maximum absolute atomic E-state index is 12.2. The fraction of sp³-hybridized carbons (Fsp3) is 0.977. The van der Waals surface area contributed by atoms with E-state index in [2.05, 4.69) is 22.9 Å². The summed E-state index contributed by atoms with van der Waals surface area (Å²) in [5.74, 6) is 0.0303. The monoisotopic (exact) mass is 884 g/mol. The van der Waals surface area contributed by atoms with Gasteiger partial charge in [-0.3, -0.25) is 4.79 Å². The molecule has 18 nitrogen and oxygen atoms in total. The van der Waals surface area contributed by atoms with E-state index in [1.54, 1.807) is 7.11 Å². The number of hydrogen-bond acceptors (Lipinski definition) is 17. The predicted molar refractivity (Wildman–Crippen MR) is 230 cm³/mol. The van der Waals surface area contributed by atoms with E-state index in [0.717, 1.165) is 32.4 Å². The molecule has 0 radical (unpaired) electrons. The average Bonchev–Trinajstić information content (AvgIpc) is 3.64. The Morgan fingerprint density at radius 1 is 0.574 bits per heavy atom. The van der Waals surface area contributed by atoms with Gasteiger partial charge in [0.2, 0.25) is 5.91 Å². The van der Waals surface area contributed by atoms with E-state index in [-0.39, 0.29) is 12.0 Å². The van der Waals surface area contributed by atoms with Crippen LogP contribution in [0.4, 0.5) is 0 Å². The summed E-state index contributed by atoms with van der Waals surface area (Å²) in [6.45, 7) is 17.6. The normalized spacial score (nSPS) is 20.5. The molecule has 1 aliphatic heterocycles. The van der Waals surface area contributed by atoms with Crippen molar-refractivity contribution in [1.29, 1.82) is 0 Å². The van der Waals surface area contributed by atoms with Crippen molar-refractivity contribution in [3.05, 3.63) is 0 Å². The molecule has 2 rings (SSSR count). The second kappa shape index (κ2) is 41.5. The Morgan fingerprint density at radius 2 is 0.984 bits per heavy atom. The third-order valence-electron chi connectivity index (χ3n) is 10.2. The molecule has 2 fully saturated rings. The standard InChI is InChI=1S/C43H85N3O15/c1-43(9-5-39(37-43)46-40-6-12-61-38-41(40)48-3)8-4-10-45-42(47)7-13-49-15-17-51-19-21-53-23-25-55-27-29-57-31-33-59-35-36-60-34-32-58-30-28-56-26-24-54-22-20-52-18-16-50-14-11-44-2/h39-41,44,46H,4-38H2,1-3H3,(H,45,47). The van der Waals surface area contributed by atoms with Gasteiger partial charge in [-0.15, -0.1) is 0 Å². The number of carbonyl (C=O) groups excluding carboxylic acids is 1. The Morgan fingerprint density at radius 3 is 1.39 bits per heavy atom. The topological polar surface area (TPSA) is 182 Å². The largest absolute Gasteiger partial charge is 0.379 e. The maximum atomic E-state index is 12.2. The first-order chi connectivity index (χ1) is 30.1. The van der Waals surface area contributed by atoms with E-state index in [4.69, 9.17) is 66.3 Å². The van der Waals surface area contributed by atoms with Gasteiger partial charge in [0.25, 0.3) is 0 Å². The van der Waals surface area contributed by atoms with Gasteiger partial charge in [-0.1, -0.05) is 6.92 Å². The molecule has 4 unspecified atom stereocenters. The highest BCUT2D eigenvalue weighted by atomic mass is 16.6. The Hall–Kier alpha value is -1.17. The van der Waals surface area contributed by atoms with Crippen LogP contribution < -0.4 is 16.0 Å². The van der Waals surface area contributed by atoms with E-state index < -0.39 is 0 Å². The lowest BCUT2D eigenvalue weighted by molar-refractivity contribution is -0.122. The summed E-state index contributed by atoms with van der Waals surface area (Å²) in [6, 6.07) is 0.896. The smallest absolute Gasteiger partial charge is 0.222 e. The number of likely N-dealkylation sites (N-methyl/N-ethyl adjacent to an activating group) is 1. The molecule has 1 saturated heterocycles. The van der Waals surface area contributed by atoms with E-state index in [9.17, 15) is 4.79 Å². The van der Waals surface area contributed by atoms with Gasteiger partial charge in [-0.05, 0) is 51.0 Å². The van der Waals surface area contributed by atoms with Gasteiger partial charge in [0, 0.05) is 45.3 Å². The van der Waals surface area contributed by atoms with Crippen LogP contribution in [0, 0.1) is 5.41 Å². The fourth-order valence-electron chi connectivity index (χ4n) is 6.82.